The molecule has 3 saturated heterocycles. The van der Waals surface area contributed by atoms with E-state index in [4.69, 9.17) is 14.5 Å². The zero-order valence-corrected chi connectivity index (χ0v) is 18.5. The van der Waals surface area contributed by atoms with Crippen LogP contribution < -0.4 is 9.47 Å². The van der Waals surface area contributed by atoms with Gasteiger partial charge in [0.15, 0.2) is 5.17 Å². The van der Waals surface area contributed by atoms with Crippen LogP contribution in [0.5, 0.6) is 11.5 Å². The summed E-state index contributed by atoms with van der Waals surface area (Å²) in [6, 6.07) is 5.00. The van der Waals surface area contributed by atoms with Gasteiger partial charge in [0.1, 0.15) is 23.2 Å². The largest absolute Gasteiger partial charge is 0.497 e. The third kappa shape index (κ3) is 3.70. The molecule has 7 nitrogen and oxygen atoms in total. The molecule has 0 aromatic heterocycles. The number of amides is 2. The summed E-state index contributed by atoms with van der Waals surface area (Å²) < 4.78 is 10.7. The molecular formula is C20H25N3O4S2. The summed E-state index contributed by atoms with van der Waals surface area (Å²) >= 11 is 3.27. The van der Waals surface area contributed by atoms with E-state index in [1.54, 1.807) is 54.8 Å². The number of carbonyl (C=O) groups excluding carboxylic acids is 2. The lowest BCUT2D eigenvalue weighted by molar-refractivity contribution is -0.141. The van der Waals surface area contributed by atoms with E-state index in [-0.39, 0.29) is 16.7 Å². The Hall–Kier alpha value is -1.87. The molecule has 0 spiro atoms. The van der Waals surface area contributed by atoms with Gasteiger partial charge >= 0.3 is 0 Å². The predicted molar refractivity (Wildman–Crippen MR) is 116 cm³/mol. The maximum Gasteiger partial charge on any atom is 0.252 e. The van der Waals surface area contributed by atoms with E-state index in [1.807, 2.05) is 11.0 Å². The fraction of sp³-hybridized carbons (Fsp3) is 0.550. The van der Waals surface area contributed by atoms with Gasteiger partial charge in [-0.1, -0.05) is 11.8 Å². The summed E-state index contributed by atoms with van der Waals surface area (Å²) in [4.78, 5) is 34.0. The molecule has 3 fully saturated rings. The summed E-state index contributed by atoms with van der Waals surface area (Å²) in [5, 5.41) is 0.651. The zero-order valence-electron chi connectivity index (χ0n) is 16.8. The van der Waals surface area contributed by atoms with E-state index in [0.29, 0.717) is 41.1 Å². The number of aliphatic imine (C=N–C) groups is 1. The quantitative estimate of drug-likeness (QED) is 0.724. The van der Waals surface area contributed by atoms with Crippen LogP contribution in [-0.2, 0) is 9.59 Å². The Morgan fingerprint density at radius 2 is 2.14 bits per heavy atom. The van der Waals surface area contributed by atoms with Gasteiger partial charge < -0.3 is 14.4 Å². The molecule has 9 heteroatoms. The first kappa shape index (κ1) is 20.4. The van der Waals surface area contributed by atoms with E-state index in [2.05, 4.69) is 6.92 Å². The van der Waals surface area contributed by atoms with Crippen LogP contribution in [0.1, 0.15) is 26.2 Å². The fourth-order valence-corrected chi connectivity index (χ4v) is 6.41. The molecule has 3 heterocycles. The molecule has 3 aliphatic heterocycles. The van der Waals surface area contributed by atoms with Crippen LogP contribution in [0.4, 0.5) is 5.69 Å². The van der Waals surface area contributed by atoms with E-state index in [1.165, 1.54) is 0 Å². The first-order valence-electron chi connectivity index (χ1n) is 9.68. The van der Waals surface area contributed by atoms with Crippen molar-refractivity contribution in [2.45, 2.75) is 37.1 Å². The summed E-state index contributed by atoms with van der Waals surface area (Å²) in [5.41, 5.74) is 0.622. The molecule has 4 rings (SSSR count). The summed E-state index contributed by atoms with van der Waals surface area (Å²) in [5.74, 6) is 2.87. The Morgan fingerprint density at radius 3 is 2.90 bits per heavy atom. The standard InChI is InChI=1S/C20H25N3O4S2/c1-20-8-7-17(24)23(20)15(12-29-20)18(25)22-9-4-10-28-19(22)21-14-11-13(26-2)5-6-16(14)27-3/h5-6,11,15H,4,7-10,12H2,1-3H3/t15-,20+/m1/s1. The van der Waals surface area contributed by atoms with Crippen LogP contribution in [0.25, 0.3) is 0 Å². The number of ether oxygens (including phenoxy) is 2. The fourth-order valence-electron chi connectivity index (χ4n) is 4.03. The van der Waals surface area contributed by atoms with Crippen LogP contribution in [-0.4, -0.2) is 70.0 Å². The van der Waals surface area contributed by atoms with Crippen molar-refractivity contribution in [3.63, 3.8) is 0 Å². The molecule has 0 saturated carbocycles. The van der Waals surface area contributed by atoms with Gasteiger partial charge in [-0.25, -0.2) is 4.99 Å². The number of nitrogens with zero attached hydrogens (tertiary/aromatic N) is 3. The Balaban J connectivity index is 1.64. The maximum atomic E-state index is 13.5. The number of amidine groups is 1. The Bertz CT molecular complexity index is 862. The van der Waals surface area contributed by atoms with Crippen LogP contribution in [0.15, 0.2) is 23.2 Å². The van der Waals surface area contributed by atoms with Gasteiger partial charge in [-0.15, -0.1) is 11.8 Å². The first-order valence-corrected chi connectivity index (χ1v) is 11.6. The van der Waals surface area contributed by atoms with Crippen molar-refractivity contribution < 1.29 is 19.1 Å². The Labute approximate surface area is 179 Å². The first-order chi connectivity index (χ1) is 14.0. The molecule has 0 unspecified atom stereocenters. The van der Waals surface area contributed by atoms with Crippen molar-refractivity contribution in [3.8, 4) is 11.5 Å². The third-order valence-corrected chi connectivity index (χ3v) is 8.15. The molecule has 29 heavy (non-hydrogen) atoms. The molecular weight excluding hydrogens is 410 g/mol. The molecule has 2 amide bonds. The van der Waals surface area contributed by atoms with Gasteiger partial charge in [0, 0.05) is 30.5 Å². The lowest BCUT2D eigenvalue weighted by atomic mass is 10.2. The lowest BCUT2D eigenvalue weighted by Gasteiger charge is -2.34. The molecule has 1 aromatic rings. The van der Waals surface area contributed by atoms with Crippen molar-refractivity contribution in [1.29, 1.82) is 0 Å². The summed E-state index contributed by atoms with van der Waals surface area (Å²) in [6.45, 7) is 2.67. The van der Waals surface area contributed by atoms with Gasteiger partial charge in [-0.2, -0.15) is 0 Å². The molecule has 3 aliphatic rings. The zero-order chi connectivity index (χ0) is 20.6. The van der Waals surface area contributed by atoms with Crippen molar-refractivity contribution in [2.24, 2.45) is 4.99 Å². The second-order valence-electron chi connectivity index (χ2n) is 7.39. The monoisotopic (exact) mass is 435 g/mol. The summed E-state index contributed by atoms with van der Waals surface area (Å²) in [7, 11) is 3.20. The van der Waals surface area contributed by atoms with E-state index < -0.39 is 6.04 Å². The lowest BCUT2D eigenvalue weighted by Crippen LogP contribution is -2.53. The highest BCUT2D eigenvalue weighted by atomic mass is 32.2. The molecule has 2 atom stereocenters. The maximum absolute atomic E-state index is 13.5. The summed E-state index contributed by atoms with van der Waals surface area (Å²) in [6.07, 6.45) is 2.22. The van der Waals surface area contributed by atoms with Gasteiger partial charge in [-0.05, 0) is 31.9 Å². The predicted octanol–water partition coefficient (Wildman–Crippen LogP) is 3.11. The minimum atomic E-state index is -0.420. The number of methoxy groups -OCH3 is 2. The van der Waals surface area contributed by atoms with Crippen LogP contribution in [0, 0.1) is 0 Å². The van der Waals surface area contributed by atoms with Crippen molar-refractivity contribution in [2.75, 3.05) is 32.3 Å². The molecule has 1 aromatic carbocycles. The average molecular weight is 436 g/mol. The highest BCUT2D eigenvalue weighted by Crippen LogP contribution is 2.47. The average Bonchev–Trinajstić information content (AvgIpc) is 3.23. The van der Waals surface area contributed by atoms with Crippen molar-refractivity contribution in [1.82, 2.24) is 9.80 Å². The number of hydrogen-bond acceptors (Lipinski definition) is 7. The highest BCUT2D eigenvalue weighted by molar-refractivity contribution is 8.13. The van der Waals surface area contributed by atoms with E-state index in [0.717, 1.165) is 18.6 Å². The van der Waals surface area contributed by atoms with Crippen LogP contribution in [0.3, 0.4) is 0 Å². The molecule has 0 bridgehead atoms. The van der Waals surface area contributed by atoms with Gasteiger partial charge in [-0.3, -0.25) is 14.5 Å². The molecule has 0 N–H and O–H groups in total. The minimum absolute atomic E-state index is 0.0377. The third-order valence-electron chi connectivity index (χ3n) is 5.59. The van der Waals surface area contributed by atoms with Gasteiger partial charge in [0.2, 0.25) is 5.91 Å². The van der Waals surface area contributed by atoms with Crippen molar-refractivity contribution in [3.05, 3.63) is 18.2 Å². The van der Waals surface area contributed by atoms with Gasteiger partial charge in [0.25, 0.3) is 5.91 Å². The van der Waals surface area contributed by atoms with Gasteiger partial charge in [0.05, 0.1) is 19.1 Å². The van der Waals surface area contributed by atoms with E-state index >= 15 is 0 Å². The van der Waals surface area contributed by atoms with E-state index in [9.17, 15) is 9.59 Å². The molecule has 0 aliphatic carbocycles. The highest BCUT2D eigenvalue weighted by Gasteiger charge is 2.54. The van der Waals surface area contributed by atoms with Crippen LogP contribution >= 0.6 is 23.5 Å². The number of rotatable bonds is 4. The second kappa shape index (κ2) is 8.10. The smallest absolute Gasteiger partial charge is 0.252 e. The minimum Gasteiger partial charge on any atom is -0.497 e. The number of fused-ring (bicyclic) bond motifs is 1. The SMILES string of the molecule is COc1ccc(OC)c(N=C2SCCCN2C(=O)[C@H]2CS[C@@]3(C)CCC(=O)N23)c1. The second-order valence-corrected chi connectivity index (χ2v) is 9.95. The Morgan fingerprint density at radius 1 is 1.31 bits per heavy atom. The topological polar surface area (TPSA) is 71.4 Å². The number of benzene rings is 1. The van der Waals surface area contributed by atoms with Crippen LogP contribution in [0.2, 0.25) is 0 Å². The number of thioether (sulfide) groups is 2. The normalized spacial score (nSPS) is 28.0. The molecule has 0 radical (unpaired) electrons. The molecule has 156 valence electrons. The number of carbonyl (C=O) groups is 2. The number of hydrogen-bond donors (Lipinski definition) is 0. The van der Waals surface area contributed by atoms with Crippen molar-refractivity contribution >= 4 is 46.2 Å². The Kier molecular flexibility index (Phi) is 5.70.